The maximum atomic E-state index is 12.3. The molecule has 5 heteroatoms. The molecular formula is C16H22ClN3O. The first-order valence-corrected chi connectivity index (χ1v) is 7.98. The third-order valence-electron chi connectivity index (χ3n) is 4.29. The van der Waals surface area contributed by atoms with Crippen LogP contribution in [0.1, 0.15) is 37.0 Å². The Bertz CT molecular complexity index is 550. The van der Waals surface area contributed by atoms with E-state index >= 15 is 0 Å². The lowest BCUT2D eigenvalue weighted by Crippen LogP contribution is -2.62. The zero-order chi connectivity index (χ0) is 15.0. The van der Waals surface area contributed by atoms with Crippen molar-refractivity contribution < 1.29 is 4.79 Å². The summed E-state index contributed by atoms with van der Waals surface area (Å²) < 4.78 is 0. The second-order valence-electron chi connectivity index (χ2n) is 6.55. The number of hydrogen-bond acceptors (Lipinski definition) is 3. The number of anilines is 1. The lowest BCUT2D eigenvalue weighted by Gasteiger charge is -2.46. The molecule has 114 valence electrons. The molecule has 1 spiro atoms. The minimum atomic E-state index is -0.317. The van der Waals surface area contributed by atoms with E-state index in [1.807, 2.05) is 6.07 Å². The fourth-order valence-corrected chi connectivity index (χ4v) is 3.45. The SMILES string of the molecule is CC(C)CN1CCC2(CC1)NC(=O)c1ccc(Cl)cc1N2. The molecule has 0 unspecified atom stereocenters. The monoisotopic (exact) mass is 307 g/mol. The Labute approximate surface area is 130 Å². The first-order valence-electron chi connectivity index (χ1n) is 7.60. The Balaban J connectivity index is 1.75. The van der Waals surface area contributed by atoms with Crippen molar-refractivity contribution in [3.05, 3.63) is 28.8 Å². The van der Waals surface area contributed by atoms with E-state index in [1.165, 1.54) is 0 Å². The van der Waals surface area contributed by atoms with Crippen LogP contribution in [0.2, 0.25) is 5.02 Å². The Hall–Kier alpha value is -1.26. The summed E-state index contributed by atoms with van der Waals surface area (Å²) in [6.07, 6.45) is 1.83. The van der Waals surface area contributed by atoms with Crippen molar-refractivity contribution in [2.45, 2.75) is 32.4 Å². The number of piperidine rings is 1. The number of nitrogens with one attached hydrogen (secondary N) is 2. The van der Waals surface area contributed by atoms with Gasteiger partial charge in [-0.3, -0.25) is 4.79 Å². The summed E-state index contributed by atoms with van der Waals surface area (Å²) in [6.45, 7) is 7.60. The highest BCUT2D eigenvalue weighted by Gasteiger charge is 2.40. The van der Waals surface area contributed by atoms with Crippen LogP contribution in [0, 0.1) is 5.92 Å². The molecule has 0 radical (unpaired) electrons. The first kappa shape index (κ1) is 14.7. The maximum Gasteiger partial charge on any atom is 0.255 e. The van der Waals surface area contributed by atoms with Gasteiger partial charge in [-0.05, 0) is 24.1 Å². The first-order chi connectivity index (χ1) is 9.97. The van der Waals surface area contributed by atoms with Gasteiger partial charge in [0.2, 0.25) is 0 Å². The number of hydrogen-bond donors (Lipinski definition) is 2. The predicted octanol–water partition coefficient (Wildman–Crippen LogP) is 2.94. The molecule has 0 aliphatic carbocycles. The average Bonchev–Trinajstić information content (AvgIpc) is 2.40. The van der Waals surface area contributed by atoms with E-state index < -0.39 is 0 Å². The van der Waals surface area contributed by atoms with Gasteiger partial charge >= 0.3 is 0 Å². The summed E-state index contributed by atoms with van der Waals surface area (Å²) in [5.74, 6) is 0.671. The minimum Gasteiger partial charge on any atom is -0.362 e. The molecule has 1 aromatic rings. The van der Waals surface area contributed by atoms with Gasteiger partial charge in [0.15, 0.2) is 0 Å². The normalized spacial score (nSPS) is 21.0. The highest BCUT2D eigenvalue weighted by molar-refractivity contribution is 6.31. The van der Waals surface area contributed by atoms with Crippen molar-refractivity contribution in [1.29, 1.82) is 0 Å². The van der Waals surface area contributed by atoms with Gasteiger partial charge in [-0.1, -0.05) is 25.4 Å². The van der Waals surface area contributed by atoms with Crippen LogP contribution in [0.15, 0.2) is 18.2 Å². The lowest BCUT2D eigenvalue weighted by molar-refractivity contribution is 0.0818. The summed E-state index contributed by atoms with van der Waals surface area (Å²) in [7, 11) is 0. The van der Waals surface area contributed by atoms with E-state index in [0.29, 0.717) is 16.5 Å². The van der Waals surface area contributed by atoms with E-state index in [4.69, 9.17) is 11.6 Å². The fourth-order valence-electron chi connectivity index (χ4n) is 3.28. The maximum absolute atomic E-state index is 12.3. The summed E-state index contributed by atoms with van der Waals surface area (Å²) in [5.41, 5.74) is 1.21. The Morgan fingerprint density at radius 3 is 2.67 bits per heavy atom. The van der Waals surface area contributed by atoms with Crippen LogP contribution in [0.3, 0.4) is 0 Å². The summed E-state index contributed by atoms with van der Waals surface area (Å²) in [5, 5.41) is 7.33. The average molecular weight is 308 g/mol. The molecule has 1 fully saturated rings. The second-order valence-corrected chi connectivity index (χ2v) is 6.98. The lowest BCUT2D eigenvalue weighted by atomic mass is 9.92. The van der Waals surface area contributed by atoms with Crippen molar-refractivity contribution >= 4 is 23.2 Å². The number of carbonyl (C=O) groups is 1. The number of nitrogens with zero attached hydrogens (tertiary/aromatic N) is 1. The van der Waals surface area contributed by atoms with E-state index in [1.54, 1.807) is 12.1 Å². The molecule has 2 heterocycles. The van der Waals surface area contributed by atoms with E-state index in [2.05, 4.69) is 29.4 Å². The van der Waals surface area contributed by atoms with Crippen LogP contribution in [-0.2, 0) is 0 Å². The van der Waals surface area contributed by atoms with Crippen LogP contribution in [-0.4, -0.2) is 36.1 Å². The number of amides is 1. The number of carbonyl (C=O) groups excluding carboxylic acids is 1. The molecule has 2 aliphatic rings. The molecule has 1 amide bonds. The van der Waals surface area contributed by atoms with Crippen LogP contribution in [0.5, 0.6) is 0 Å². The van der Waals surface area contributed by atoms with Crippen LogP contribution < -0.4 is 10.6 Å². The van der Waals surface area contributed by atoms with Crippen molar-refractivity contribution in [2.24, 2.45) is 5.92 Å². The van der Waals surface area contributed by atoms with Crippen molar-refractivity contribution in [3.63, 3.8) is 0 Å². The summed E-state index contributed by atoms with van der Waals surface area (Å²) in [4.78, 5) is 14.8. The standard InChI is InChI=1S/C16H22ClN3O/c1-11(2)10-20-7-5-16(6-8-20)18-14-9-12(17)3-4-13(14)15(21)19-16/h3-4,9,11,18H,5-8,10H2,1-2H3,(H,19,21). The van der Waals surface area contributed by atoms with E-state index in [9.17, 15) is 4.79 Å². The Kier molecular flexibility index (Phi) is 3.84. The quantitative estimate of drug-likeness (QED) is 0.883. The number of rotatable bonds is 2. The van der Waals surface area contributed by atoms with Crippen LogP contribution in [0.4, 0.5) is 5.69 Å². The molecule has 1 saturated heterocycles. The fraction of sp³-hybridized carbons (Fsp3) is 0.562. The minimum absolute atomic E-state index is 0.00211. The number of halogens is 1. The van der Waals surface area contributed by atoms with Gasteiger partial charge < -0.3 is 15.5 Å². The van der Waals surface area contributed by atoms with Gasteiger partial charge in [0.1, 0.15) is 5.66 Å². The third-order valence-corrected chi connectivity index (χ3v) is 4.52. The number of fused-ring (bicyclic) bond motifs is 1. The third kappa shape index (κ3) is 3.01. The summed E-state index contributed by atoms with van der Waals surface area (Å²) >= 11 is 6.05. The summed E-state index contributed by atoms with van der Waals surface area (Å²) in [6, 6.07) is 5.38. The molecule has 3 rings (SSSR count). The Morgan fingerprint density at radius 1 is 1.29 bits per heavy atom. The van der Waals surface area contributed by atoms with Gasteiger partial charge in [0.05, 0.1) is 11.3 Å². The van der Waals surface area contributed by atoms with Gasteiger partial charge in [-0.25, -0.2) is 0 Å². The second kappa shape index (κ2) is 5.50. The molecule has 2 N–H and O–H groups in total. The van der Waals surface area contributed by atoms with Gasteiger partial charge in [0, 0.05) is 37.5 Å². The topological polar surface area (TPSA) is 44.4 Å². The number of likely N-dealkylation sites (tertiary alicyclic amines) is 1. The molecule has 4 nitrogen and oxygen atoms in total. The molecule has 1 aromatic carbocycles. The predicted molar refractivity (Wildman–Crippen MR) is 85.8 cm³/mol. The van der Waals surface area contributed by atoms with Gasteiger partial charge in [-0.15, -0.1) is 0 Å². The van der Waals surface area contributed by atoms with E-state index in [0.717, 1.165) is 38.2 Å². The van der Waals surface area contributed by atoms with Crippen molar-refractivity contribution in [1.82, 2.24) is 10.2 Å². The molecule has 0 atom stereocenters. The zero-order valence-corrected chi connectivity index (χ0v) is 13.3. The highest BCUT2D eigenvalue weighted by atomic mass is 35.5. The largest absolute Gasteiger partial charge is 0.362 e. The smallest absolute Gasteiger partial charge is 0.255 e. The zero-order valence-electron chi connectivity index (χ0n) is 12.6. The van der Waals surface area contributed by atoms with Gasteiger partial charge in [0.25, 0.3) is 5.91 Å². The number of benzene rings is 1. The van der Waals surface area contributed by atoms with Gasteiger partial charge in [-0.2, -0.15) is 0 Å². The van der Waals surface area contributed by atoms with Crippen molar-refractivity contribution in [2.75, 3.05) is 25.0 Å². The van der Waals surface area contributed by atoms with E-state index in [-0.39, 0.29) is 11.6 Å². The molecule has 2 aliphatic heterocycles. The molecule has 0 bridgehead atoms. The van der Waals surface area contributed by atoms with Crippen molar-refractivity contribution in [3.8, 4) is 0 Å². The molecule has 21 heavy (non-hydrogen) atoms. The molecular weight excluding hydrogens is 286 g/mol. The Morgan fingerprint density at radius 2 is 2.00 bits per heavy atom. The van der Waals surface area contributed by atoms with Crippen LogP contribution >= 0.6 is 11.6 Å². The highest BCUT2D eigenvalue weighted by Crippen LogP contribution is 2.32. The molecule has 0 aromatic heterocycles. The molecule has 0 saturated carbocycles. The van der Waals surface area contributed by atoms with Crippen LogP contribution in [0.25, 0.3) is 0 Å².